The summed E-state index contributed by atoms with van der Waals surface area (Å²) < 4.78 is 49.1. The molecular formula is C52H52N12O8Zn. The number of fused-ring (bicyclic) bond motifs is 20. The van der Waals surface area contributed by atoms with Gasteiger partial charge in [0.1, 0.15) is 49.9 Å². The van der Waals surface area contributed by atoms with E-state index in [2.05, 4.69) is 19.6 Å². The van der Waals surface area contributed by atoms with Gasteiger partial charge in [-0.3, -0.25) is 19.6 Å². The first kappa shape index (κ1) is 47.7. The molecular weight excluding hydrogens is 986 g/mol. The molecule has 4 saturated heterocycles. The molecule has 0 saturated carbocycles. The summed E-state index contributed by atoms with van der Waals surface area (Å²) in [6.07, 6.45) is 0. The summed E-state index contributed by atoms with van der Waals surface area (Å²) in [5.74, 6) is 3.99. The Morgan fingerprint density at radius 1 is 0.370 bits per heavy atom. The second-order valence-corrected chi connectivity index (χ2v) is 18.2. The van der Waals surface area contributed by atoms with Crippen LogP contribution in [0.5, 0.6) is 23.0 Å². The van der Waals surface area contributed by atoms with Gasteiger partial charge in [-0.15, -0.1) is 0 Å². The van der Waals surface area contributed by atoms with Crippen LogP contribution in [0, 0.1) is 0 Å². The number of rotatable bonds is 12. The molecule has 0 amide bonds. The molecule has 4 aromatic carbocycles. The Bertz CT molecular complexity index is 3100. The van der Waals surface area contributed by atoms with Crippen molar-refractivity contribution in [2.24, 2.45) is 0 Å². The molecule has 20 nitrogen and oxygen atoms in total. The van der Waals surface area contributed by atoms with E-state index in [0.717, 1.165) is 74.3 Å². The second-order valence-electron chi connectivity index (χ2n) is 18.2. The van der Waals surface area contributed by atoms with Gasteiger partial charge in [-0.1, -0.05) is 48.5 Å². The van der Waals surface area contributed by atoms with Crippen LogP contribution in [0.1, 0.15) is 0 Å². The standard InChI is InChI=1S/C52H52N12O8.Zn/c1-5-33-41(37(9-1)69-29-61-13-21-65-22-14-61)49-53-45(33)57-50-42-34(6-2-10-38(42)70-30-62-15-23-66-24-16-62)47(54-50)59-52-44-36(8-4-12-40(44)72-32-64-19-27-68-28-20-64)48(56-52)60-51-43-35(46(55-51)58-49)7-3-11-39(43)71-31-63-17-25-67-26-18-63;/h1-12H,13-32H2;/q-2;+2. The number of hydrogen-bond acceptors (Lipinski definition) is 18. The predicted molar refractivity (Wildman–Crippen MR) is 266 cm³/mol. The Morgan fingerprint density at radius 2 is 0.685 bits per heavy atom. The van der Waals surface area contributed by atoms with Gasteiger partial charge in [0.15, 0.2) is 0 Å². The van der Waals surface area contributed by atoms with E-state index in [1.54, 1.807) is 0 Å². The van der Waals surface area contributed by atoms with Gasteiger partial charge in [0.25, 0.3) is 0 Å². The molecule has 370 valence electrons. The Morgan fingerprint density at radius 3 is 1.05 bits per heavy atom. The van der Waals surface area contributed by atoms with Crippen molar-refractivity contribution in [3.8, 4) is 68.5 Å². The number of benzene rings is 4. The second kappa shape index (κ2) is 21.3. The van der Waals surface area contributed by atoms with E-state index in [-0.39, 0.29) is 19.5 Å². The van der Waals surface area contributed by atoms with E-state index in [1.807, 2.05) is 72.8 Å². The van der Waals surface area contributed by atoms with Gasteiger partial charge in [0, 0.05) is 96.8 Å². The van der Waals surface area contributed by atoms with Crippen molar-refractivity contribution < 1.29 is 57.4 Å². The number of ether oxygens (including phenoxy) is 8. The molecule has 0 unspecified atom stereocenters. The minimum Gasteiger partial charge on any atom is -0.477 e. The topological polar surface area (TPSA) is 192 Å². The molecule has 3 aromatic heterocycles. The zero-order valence-electron chi connectivity index (χ0n) is 40.4. The van der Waals surface area contributed by atoms with Gasteiger partial charge in [-0.2, -0.15) is 0 Å². The van der Waals surface area contributed by atoms with Gasteiger partial charge in [-0.25, -0.2) is 9.97 Å². The third kappa shape index (κ3) is 9.72. The zero-order valence-corrected chi connectivity index (χ0v) is 43.4. The van der Waals surface area contributed by atoms with Crippen molar-refractivity contribution >= 4 is 44.1 Å². The van der Waals surface area contributed by atoms with Crippen LogP contribution in [-0.2, 0) is 38.4 Å². The fourth-order valence-electron chi connectivity index (χ4n) is 9.77. The first-order valence-corrected chi connectivity index (χ1v) is 24.6. The molecule has 73 heavy (non-hydrogen) atoms. The predicted octanol–water partition coefficient (Wildman–Crippen LogP) is 4.80. The van der Waals surface area contributed by atoms with Crippen LogP contribution in [0.15, 0.2) is 72.8 Å². The van der Waals surface area contributed by atoms with E-state index in [0.29, 0.717) is 171 Å². The van der Waals surface area contributed by atoms with Crippen molar-refractivity contribution in [1.29, 1.82) is 0 Å². The summed E-state index contributed by atoms with van der Waals surface area (Å²) >= 11 is 0. The Labute approximate surface area is 432 Å². The number of hydrogen-bond donors (Lipinski definition) is 0. The van der Waals surface area contributed by atoms with Crippen molar-refractivity contribution in [1.82, 2.24) is 59.5 Å². The molecule has 13 rings (SSSR count). The summed E-state index contributed by atoms with van der Waals surface area (Å²) in [7, 11) is 0. The third-order valence-electron chi connectivity index (χ3n) is 13.7. The molecule has 6 aliphatic rings. The monoisotopic (exact) mass is 1040 g/mol. The van der Waals surface area contributed by atoms with E-state index in [1.165, 1.54) is 0 Å². The average molecular weight is 1040 g/mol. The van der Waals surface area contributed by atoms with Crippen molar-refractivity contribution in [2.45, 2.75) is 0 Å². The van der Waals surface area contributed by atoms with Gasteiger partial charge in [0.05, 0.1) is 87.3 Å². The van der Waals surface area contributed by atoms with Crippen LogP contribution in [0.2, 0.25) is 0 Å². The molecule has 8 bridgehead atoms. The number of morpholine rings is 4. The maximum atomic E-state index is 6.63. The van der Waals surface area contributed by atoms with Crippen molar-refractivity contribution in [3.05, 3.63) is 72.8 Å². The molecule has 7 aromatic rings. The molecule has 0 N–H and O–H groups in total. The summed E-state index contributed by atoms with van der Waals surface area (Å²) in [6, 6.07) is 23.5. The SMILES string of the molecule is [Zn+2].c1cc(OCN2CCOCC2)c2c(c1)-c1nc-2nc2[n-]c(nc3nc(nc4[n-]c(n1)c1c(OCN5CCOCC5)cccc41)-c1c(OCN4CCOCC4)cccc1-3)c1c(OCN3CCOCC3)cccc21. The summed E-state index contributed by atoms with van der Waals surface area (Å²) in [5.41, 5.74) is 4.38. The molecule has 0 atom stereocenters. The Hall–Kier alpha value is -6.26. The minimum atomic E-state index is 0. The summed E-state index contributed by atoms with van der Waals surface area (Å²) in [4.78, 5) is 50.9. The van der Waals surface area contributed by atoms with Crippen LogP contribution in [-0.4, -0.2) is 182 Å². The summed E-state index contributed by atoms with van der Waals surface area (Å²) in [6.45, 7) is 12.7. The molecule has 0 radical (unpaired) electrons. The fourth-order valence-corrected chi connectivity index (χ4v) is 9.77. The van der Waals surface area contributed by atoms with Gasteiger partial charge in [0.2, 0.25) is 0 Å². The fraction of sp³-hybridized carbons (Fsp3) is 0.385. The molecule has 9 heterocycles. The maximum Gasteiger partial charge on any atom is 2.00 e. The quantitative estimate of drug-likeness (QED) is 0.152. The van der Waals surface area contributed by atoms with Gasteiger partial charge < -0.3 is 67.8 Å². The maximum absolute atomic E-state index is 6.63. The van der Waals surface area contributed by atoms with Crippen LogP contribution in [0.25, 0.3) is 89.7 Å². The first-order valence-electron chi connectivity index (χ1n) is 24.6. The average Bonchev–Trinajstić information content (AvgIpc) is 4.18. The van der Waals surface area contributed by atoms with E-state index in [4.69, 9.17) is 77.8 Å². The van der Waals surface area contributed by atoms with Crippen molar-refractivity contribution in [3.63, 3.8) is 0 Å². The van der Waals surface area contributed by atoms with Crippen LogP contribution < -0.4 is 28.9 Å². The molecule has 6 aliphatic heterocycles. The Kier molecular flexibility index (Phi) is 13.9. The van der Waals surface area contributed by atoms with Crippen molar-refractivity contribution in [2.75, 3.05) is 132 Å². The van der Waals surface area contributed by atoms with E-state index < -0.39 is 0 Å². The van der Waals surface area contributed by atoms with E-state index in [9.17, 15) is 0 Å². The van der Waals surface area contributed by atoms with Crippen LogP contribution >= 0.6 is 0 Å². The van der Waals surface area contributed by atoms with Crippen LogP contribution in [0.4, 0.5) is 0 Å². The zero-order chi connectivity index (χ0) is 47.8. The smallest absolute Gasteiger partial charge is 0.477 e. The molecule has 0 spiro atoms. The number of nitrogens with zero attached hydrogens (tertiary/aromatic N) is 12. The largest absolute Gasteiger partial charge is 2.00 e. The Balaban J connectivity index is 0.00000543. The van der Waals surface area contributed by atoms with Crippen LogP contribution in [0.3, 0.4) is 0 Å². The van der Waals surface area contributed by atoms with Gasteiger partial charge >= 0.3 is 19.5 Å². The molecule has 0 aliphatic carbocycles. The van der Waals surface area contributed by atoms with E-state index >= 15 is 0 Å². The normalized spacial score (nSPS) is 17.8. The molecule has 21 heteroatoms. The first-order chi connectivity index (χ1) is 35.7. The third-order valence-corrected chi connectivity index (χ3v) is 13.7. The number of aromatic nitrogens is 8. The molecule has 4 fully saturated rings. The minimum absolute atomic E-state index is 0. The van der Waals surface area contributed by atoms with Gasteiger partial charge in [-0.05, 0) is 35.0 Å². The summed E-state index contributed by atoms with van der Waals surface area (Å²) in [5, 5.41) is 2.82.